The first-order valence-electron chi connectivity index (χ1n) is 6.04. The number of hydrogen-bond acceptors (Lipinski definition) is 2. The zero-order chi connectivity index (χ0) is 13.1. The molecule has 0 bridgehead atoms. The van der Waals surface area contributed by atoms with Gasteiger partial charge < -0.3 is 10.6 Å². The lowest BCUT2D eigenvalue weighted by Crippen LogP contribution is -2.50. The van der Waals surface area contributed by atoms with Crippen LogP contribution in [0.1, 0.15) is 23.7 Å². The van der Waals surface area contributed by atoms with Crippen molar-refractivity contribution in [3.8, 4) is 0 Å². The number of halogens is 3. The summed E-state index contributed by atoms with van der Waals surface area (Å²) < 4.78 is 0. The number of carbonyl (C=O) groups excluding carboxylic acids is 1. The summed E-state index contributed by atoms with van der Waals surface area (Å²) in [7, 11) is 0. The summed E-state index contributed by atoms with van der Waals surface area (Å²) in [5.74, 6) is 0.382. The molecule has 1 aliphatic rings. The third-order valence-corrected chi connectivity index (χ3v) is 4.06. The van der Waals surface area contributed by atoms with Crippen molar-refractivity contribution >= 4 is 41.5 Å². The maximum atomic E-state index is 12.1. The Kier molecular flexibility index (Phi) is 6.40. The van der Waals surface area contributed by atoms with E-state index in [1.165, 1.54) is 0 Å². The predicted octanol–water partition coefficient (Wildman–Crippen LogP) is 3.14. The molecule has 2 rings (SSSR count). The Balaban J connectivity index is 0.00000180. The molecule has 2 N–H and O–H groups in total. The van der Waals surface area contributed by atoms with Gasteiger partial charge >= 0.3 is 0 Å². The summed E-state index contributed by atoms with van der Waals surface area (Å²) in [4.78, 5) is 12.1. The molecule has 6 heteroatoms. The van der Waals surface area contributed by atoms with Gasteiger partial charge in [-0.2, -0.15) is 0 Å². The second kappa shape index (κ2) is 7.34. The molecular formula is C13H17Cl3N2O. The van der Waals surface area contributed by atoms with Gasteiger partial charge in [0.15, 0.2) is 0 Å². The Hall–Kier alpha value is -0.480. The van der Waals surface area contributed by atoms with E-state index >= 15 is 0 Å². The SMILES string of the molecule is CC1CCNCC1NC(=O)c1ccc(Cl)c(Cl)c1.Cl. The van der Waals surface area contributed by atoms with E-state index in [0.717, 1.165) is 19.5 Å². The first-order valence-corrected chi connectivity index (χ1v) is 6.80. The van der Waals surface area contributed by atoms with Crippen molar-refractivity contribution in [2.45, 2.75) is 19.4 Å². The van der Waals surface area contributed by atoms with Crippen molar-refractivity contribution in [1.29, 1.82) is 0 Å². The number of hydrogen-bond donors (Lipinski definition) is 2. The lowest BCUT2D eigenvalue weighted by molar-refractivity contribution is 0.0915. The van der Waals surface area contributed by atoms with Crippen LogP contribution < -0.4 is 10.6 Å². The number of piperidine rings is 1. The maximum absolute atomic E-state index is 12.1. The smallest absolute Gasteiger partial charge is 0.251 e. The molecule has 2 unspecified atom stereocenters. The molecular weight excluding hydrogens is 307 g/mol. The summed E-state index contributed by atoms with van der Waals surface area (Å²) in [6.07, 6.45) is 1.08. The van der Waals surface area contributed by atoms with Crippen LogP contribution in [0, 0.1) is 5.92 Å². The molecule has 1 saturated heterocycles. The van der Waals surface area contributed by atoms with Crippen LogP contribution in [-0.2, 0) is 0 Å². The van der Waals surface area contributed by atoms with Gasteiger partial charge in [0.2, 0.25) is 0 Å². The van der Waals surface area contributed by atoms with E-state index in [9.17, 15) is 4.79 Å². The summed E-state index contributed by atoms with van der Waals surface area (Å²) in [5.41, 5.74) is 0.544. The molecule has 1 heterocycles. The highest BCUT2D eigenvalue weighted by molar-refractivity contribution is 6.42. The molecule has 1 aromatic rings. The monoisotopic (exact) mass is 322 g/mol. The number of benzene rings is 1. The van der Waals surface area contributed by atoms with Gasteiger partial charge in [0.25, 0.3) is 5.91 Å². The summed E-state index contributed by atoms with van der Waals surface area (Å²) in [6.45, 7) is 3.98. The van der Waals surface area contributed by atoms with Crippen LogP contribution >= 0.6 is 35.6 Å². The molecule has 1 aromatic carbocycles. The van der Waals surface area contributed by atoms with Gasteiger partial charge in [-0.3, -0.25) is 4.79 Å². The van der Waals surface area contributed by atoms with Crippen LogP contribution in [-0.4, -0.2) is 25.0 Å². The molecule has 0 saturated carbocycles. The van der Waals surface area contributed by atoms with Crippen molar-refractivity contribution in [2.75, 3.05) is 13.1 Å². The zero-order valence-corrected chi connectivity index (χ0v) is 12.9. The standard InChI is InChI=1S/C13H16Cl2N2O.ClH/c1-8-4-5-16-7-12(8)17-13(18)9-2-3-10(14)11(15)6-9;/h2-3,6,8,12,16H,4-5,7H2,1H3,(H,17,18);1H. The predicted molar refractivity (Wildman–Crippen MR) is 81.6 cm³/mol. The van der Waals surface area contributed by atoms with Gasteiger partial charge in [0.05, 0.1) is 10.0 Å². The van der Waals surface area contributed by atoms with Gasteiger partial charge in [-0.25, -0.2) is 0 Å². The van der Waals surface area contributed by atoms with E-state index in [-0.39, 0.29) is 24.4 Å². The van der Waals surface area contributed by atoms with Crippen LogP contribution in [0.5, 0.6) is 0 Å². The Labute approximate surface area is 129 Å². The lowest BCUT2D eigenvalue weighted by atomic mass is 9.94. The number of rotatable bonds is 2. The van der Waals surface area contributed by atoms with Crippen LogP contribution in [0.15, 0.2) is 18.2 Å². The minimum Gasteiger partial charge on any atom is -0.348 e. The Morgan fingerprint density at radius 2 is 2.11 bits per heavy atom. The second-order valence-corrected chi connectivity index (χ2v) is 5.49. The molecule has 19 heavy (non-hydrogen) atoms. The number of nitrogens with one attached hydrogen (secondary N) is 2. The average Bonchev–Trinajstić information content (AvgIpc) is 2.35. The zero-order valence-electron chi connectivity index (χ0n) is 10.6. The third kappa shape index (κ3) is 4.25. The highest BCUT2D eigenvalue weighted by Crippen LogP contribution is 2.22. The van der Waals surface area contributed by atoms with Crippen molar-refractivity contribution in [2.24, 2.45) is 5.92 Å². The fourth-order valence-electron chi connectivity index (χ4n) is 2.07. The number of amides is 1. The molecule has 1 fully saturated rings. The molecule has 0 aliphatic carbocycles. The van der Waals surface area contributed by atoms with Gasteiger partial charge in [-0.1, -0.05) is 30.1 Å². The Bertz CT molecular complexity index is 454. The Morgan fingerprint density at radius 3 is 2.74 bits per heavy atom. The normalized spacial score (nSPS) is 22.5. The molecule has 1 amide bonds. The molecule has 2 atom stereocenters. The van der Waals surface area contributed by atoms with Crippen LogP contribution in [0.2, 0.25) is 10.0 Å². The van der Waals surface area contributed by atoms with Crippen LogP contribution in [0.25, 0.3) is 0 Å². The van der Waals surface area contributed by atoms with Crippen molar-refractivity contribution < 1.29 is 4.79 Å². The quantitative estimate of drug-likeness (QED) is 0.878. The van der Waals surface area contributed by atoms with E-state index in [4.69, 9.17) is 23.2 Å². The van der Waals surface area contributed by atoms with E-state index in [0.29, 0.717) is 21.5 Å². The van der Waals surface area contributed by atoms with Crippen LogP contribution in [0.3, 0.4) is 0 Å². The first kappa shape index (κ1) is 16.6. The molecule has 106 valence electrons. The van der Waals surface area contributed by atoms with Crippen molar-refractivity contribution in [1.82, 2.24) is 10.6 Å². The fraction of sp³-hybridized carbons (Fsp3) is 0.462. The maximum Gasteiger partial charge on any atom is 0.251 e. The van der Waals surface area contributed by atoms with Gasteiger partial charge in [0.1, 0.15) is 0 Å². The topological polar surface area (TPSA) is 41.1 Å². The van der Waals surface area contributed by atoms with Gasteiger partial charge in [0, 0.05) is 18.2 Å². The largest absolute Gasteiger partial charge is 0.348 e. The van der Waals surface area contributed by atoms with Gasteiger partial charge in [-0.05, 0) is 37.1 Å². The minimum atomic E-state index is -0.103. The highest BCUT2D eigenvalue weighted by Gasteiger charge is 2.23. The van der Waals surface area contributed by atoms with Crippen molar-refractivity contribution in [3.63, 3.8) is 0 Å². The highest BCUT2D eigenvalue weighted by atomic mass is 35.5. The first-order chi connectivity index (χ1) is 8.58. The third-order valence-electron chi connectivity index (χ3n) is 3.33. The molecule has 0 spiro atoms. The Morgan fingerprint density at radius 1 is 1.37 bits per heavy atom. The van der Waals surface area contributed by atoms with E-state index < -0.39 is 0 Å². The minimum absolute atomic E-state index is 0. The van der Waals surface area contributed by atoms with Gasteiger partial charge in [-0.15, -0.1) is 12.4 Å². The number of carbonyl (C=O) groups is 1. The van der Waals surface area contributed by atoms with Crippen molar-refractivity contribution in [3.05, 3.63) is 33.8 Å². The van der Waals surface area contributed by atoms with E-state index in [1.807, 2.05) is 0 Å². The van der Waals surface area contributed by atoms with E-state index in [2.05, 4.69) is 17.6 Å². The summed E-state index contributed by atoms with van der Waals surface area (Å²) in [5, 5.41) is 7.17. The molecule has 1 aliphatic heterocycles. The summed E-state index contributed by atoms with van der Waals surface area (Å²) >= 11 is 11.7. The fourth-order valence-corrected chi connectivity index (χ4v) is 2.37. The van der Waals surface area contributed by atoms with Crippen LogP contribution in [0.4, 0.5) is 0 Å². The molecule has 3 nitrogen and oxygen atoms in total. The lowest BCUT2D eigenvalue weighted by Gasteiger charge is -2.30. The molecule has 0 aromatic heterocycles. The summed E-state index contributed by atoms with van der Waals surface area (Å²) in [6, 6.07) is 5.09. The average molecular weight is 324 g/mol. The molecule has 0 radical (unpaired) electrons. The second-order valence-electron chi connectivity index (χ2n) is 4.68. The van der Waals surface area contributed by atoms with E-state index in [1.54, 1.807) is 18.2 Å².